The van der Waals surface area contributed by atoms with Crippen LogP contribution >= 0.6 is 11.6 Å². The maximum absolute atomic E-state index is 11.8. The Morgan fingerprint density at radius 2 is 2.04 bits per heavy atom. The van der Waals surface area contributed by atoms with Gasteiger partial charge < -0.3 is 14.2 Å². The van der Waals surface area contributed by atoms with Crippen LogP contribution in [0.5, 0.6) is 17.2 Å². The van der Waals surface area contributed by atoms with Crippen molar-refractivity contribution in [2.24, 2.45) is 5.10 Å². The lowest BCUT2D eigenvalue weighted by Gasteiger charge is -2.09. The van der Waals surface area contributed by atoms with E-state index in [1.165, 1.54) is 6.21 Å². The summed E-state index contributed by atoms with van der Waals surface area (Å²) < 4.78 is 16.0. The van der Waals surface area contributed by atoms with E-state index in [2.05, 4.69) is 10.5 Å². The number of benzene rings is 2. The van der Waals surface area contributed by atoms with Gasteiger partial charge in [0.05, 0.1) is 19.9 Å². The number of halogens is 1. The molecule has 0 heterocycles. The second-order valence-corrected chi connectivity index (χ2v) is 5.31. The number of hydrazone groups is 1. The van der Waals surface area contributed by atoms with Gasteiger partial charge in [-0.25, -0.2) is 5.43 Å². The normalized spacial score (nSPS) is 10.5. The molecule has 2 aromatic carbocycles. The van der Waals surface area contributed by atoms with Gasteiger partial charge in [0.25, 0.3) is 5.91 Å². The summed E-state index contributed by atoms with van der Waals surface area (Å²) in [7, 11) is 1.57. The molecule has 0 saturated heterocycles. The molecule has 0 unspecified atom stereocenters. The van der Waals surface area contributed by atoms with Crippen molar-refractivity contribution in [2.75, 3.05) is 20.3 Å². The highest BCUT2D eigenvalue weighted by Gasteiger charge is 2.05. The van der Waals surface area contributed by atoms with Gasteiger partial charge in [0.2, 0.25) is 0 Å². The number of hydrogen-bond donors (Lipinski definition) is 1. The van der Waals surface area contributed by atoms with E-state index in [0.717, 1.165) is 0 Å². The fourth-order valence-electron chi connectivity index (χ4n) is 1.95. The van der Waals surface area contributed by atoms with Crippen molar-refractivity contribution < 1.29 is 19.0 Å². The van der Waals surface area contributed by atoms with Gasteiger partial charge in [-0.2, -0.15) is 5.10 Å². The van der Waals surface area contributed by atoms with Crippen LogP contribution in [0, 0.1) is 0 Å². The Bertz CT molecular complexity index is 750. The van der Waals surface area contributed by atoms with Crippen LogP contribution in [-0.4, -0.2) is 32.4 Å². The average Bonchev–Trinajstić information content (AvgIpc) is 2.61. The fraction of sp³-hybridized carbons (Fsp3) is 0.222. The van der Waals surface area contributed by atoms with Crippen molar-refractivity contribution in [3.8, 4) is 17.2 Å². The summed E-state index contributed by atoms with van der Waals surface area (Å²) in [6, 6.07) is 12.2. The largest absolute Gasteiger partial charge is 0.497 e. The van der Waals surface area contributed by atoms with Crippen LogP contribution in [0.3, 0.4) is 0 Å². The Morgan fingerprint density at radius 1 is 1.20 bits per heavy atom. The second-order valence-electron chi connectivity index (χ2n) is 4.88. The van der Waals surface area contributed by atoms with Crippen LogP contribution in [0.4, 0.5) is 0 Å². The number of ether oxygens (including phenoxy) is 3. The zero-order chi connectivity index (χ0) is 18.1. The number of nitrogens with zero attached hydrogens (tertiary/aromatic N) is 1. The number of rotatable bonds is 8. The zero-order valence-corrected chi connectivity index (χ0v) is 14.7. The molecule has 0 aliphatic heterocycles. The first-order chi connectivity index (χ1) is 12.1. The Kier molecular flexibility index (Phi) is 7.10. The topological polar surface area (TPSA) is 69.2 Å². The third-order valence-corrected chi connectivity index (χ3v) is 3.31. The van der Waals surface area contributed by atoms with Crippen LogP contribution < -0.4 is 19.6 Å². The number of methoxy groups -OCH3 is 1. The highest BCUT2D eigenvalue weighted by atomic mass is 35.5. The third-order valence-electron chi connectivity index (χ3n) is 3.08. The summed E-state index contributed by atoms with van der Waals surface area (Å²) >= 11 is 5.85. The molecular formula is C18H19ClN2O4. The van der Waals surface area contributed by atoms with Crippen LogP contribution in [0.15, 0.2) is 47.6 Å². The molecule has 0 saturated carbocycles. The lowest BCUT2D eigenvalue weighted by Crippen LogP contribution is -2.24. The molecule has 0 spiro atoms. The Balaban J connectivity index is 1.92. The van der Waals surface area contributed by atoms with Gasteiger partial charge >= 0.3 is 0 Å². The molecule has 1 N–H and O–H groups in total. The summed E-state index contributed by atoms with van der Waals surface area (Å²) in [5, 5.41) is 4.46. The lowest BCUT2D eigenvalue weighted by molar-refractivity contribution is -0.123. The molecular weight excluding hydrogens is 344 g/mol. The van der Waals surface area contributed by atoms with Gasteiger partial charge in [-0.05, 0) is 43.3 Å². The van der Waals surface area contributed by atoms with Crippen LogP contribution in [-0.2, 0) is 4.79 Å². The molecule has 7 heteroatoms. The van der Waals surface area contributed by atoms with E-state index >= 15 is 0 Å². The molecule has 2 rings (SSSR count). The van der Waals surface area contributed by atoms with Crippen LogP contribution in [0.2, 0.25) is 5.02 Å². The number of nitrogens with one attached hydrogen (secondary N) is 1. The first-order valence-corrected chi connectivity index (χ1v) is 8.01. The lowest BCUT2D eigenvalue weighted by atomic mass is 10.2. The predicted octanol–water partition coefficient (Wildman–Crippen LogP) is 3.28. The molecule has 132 valence electrons. The molecule has 0 fully saturated rings. The van der Waals surface area contributed by atoms with Crippen LogP contribution in [0.25, 0.3) is 0 Å². The minimum atomic E-state index is -0.392. The van der Waals surface area contributed by atoms with E-state index in [4.69, 9.17) is 25.8 Å². The molecule has 0 bridgehead atoms. The summed E-state index contributed by atoms with van der Waals surface area (Å²) in [6.07, 6.45) is 1.49. The first kappa shape index (κ1) is 18.6. The summed E-state index contributed by atoms with van der Waals surface area (Å²) in [6.45, 7) is 2.24. The van der Waals surface area contributed by atoms with Crippen molar-refractivity contribution in [3.63, 3.8) is 0 Å². The van der Waals surface area contributed by atoms with E-state index in [0.29, 0.717) is 34.4 Å². The van der Waals surface area contributed by atoms with Gasteiger partial charge in [0, 0.05) is 10.6 Å². The summed E-state index contributed by atoms with van der Waals surface area (Å²) in [5.41, 5.74) is 3.09. The Labute approximate surface area is 151 Å². The molecule has 0 aliphatic rings. The molecule has 25 heavy (non-hydrogen) atoms. The minimum absolute atomic E-state index is 0.173. The third kappa shape index (κ3) is 6.00. The number of hydrogen-bond acceptors (Lipinski definition) is 5. The fourth-order valence-corrected chi connectivity index (χ4v) is 2.13. The number of amides is 1. The monoisotopic (exact) mass is 362 g/mol. The SMILES string of the molecule is CCOc1ccc(OC)cc1/C=N\NC(=O)COc1cccc(Cl)c1. The highest BCUT2D eigenvalue weighted by molar-refractivity contribution is 6.30. The highest BCUT2D eigenvalue weighted by Crippen LogP contribution is 2.22. The minimum Gasteiger partial charge on any atom is -0.497 e. The Hall–Kier alpha value is -2.73. The molecule has 0 aromatic heterocycles. The predicted molar refractivity (Wildman–Crippen MR) is 96.8 cm³/mol. The van der Waals surface area contributed by atoms with E-state index in [-0.39, 0.29) is 6.61 Å². The van der Waals surface area contributed by atoms with Crippen molar-refractivity contribution in [1.82, 2.24) is 5.43 Å². The molecule has 1 amide bonds. The van der Waals surface area contributed by atoms with Gasteiger partial charge in [0.15, 0.2) is 6.61 Å². The Morgan fingerprint density at radius 3 is 2.76 bits per heavy atom. The van der Waals surface area contributed by atoms with E-state index in [1.54, 1.807) is 49.6 Å². The van der Waals surface area contributed by atoms with Crippen molar-refractivity contribution in [3.05, 3.63) is 53.1 Å². The van der Waals surface area contributed by atoms with Gasteiger partial charge in [0.1, 0.15) is 17.2 Å². The standard InChI is InChI=1S/C18H19ClN2O4/c1-3-24-17-8-7-15(23-2)9-13(17)11-20-21-18(22)12-25-16-6-4-5-14(19)10-16/h4-11H,3,12H2,1-2H3,(H,21,22)/b20-11-. The molecule has 0 radical (unpaired) electrons. The maximum atomic E-state index is 11.8. The van der Waals surface area contributed by atoms with Crippen molar-refractivity contribution in [1.29, 1.82) is 0 Å². The first-order valence-electron chi connectivity index (χ1n) is 7.63. The molecule has 6 nitrogen and oxygen atoms in total. The zero-order valence-electron chi connectivity index (χ0n) is 14.0. The molecule has 0 atom stereocenters. The van der Waals surface area contributed by atoms with Crippen molar-refractivity contribution >= 4 is 23.7 Å². The van der Waals surface area contributed by atoms with Gasteiger partial charge in [-0.3, -0.25) is 4.79 Å². The molecule has 0 aliphatic carbocycles. The van der Waals surface area contributed by atoms with Gasteiger partial charge in [-0.15, -0.1) is 0 Å². The molecule has 2 aromatic rings. The van der Waals surface area contributed by atoms with Crippen LogP contribution in [0.1, 0.15) is 12.5 Å². The summed E-state index contributed by atoms with van der Waals surface area (Å²) in [4.78, 5) is 11.8. The quantitative estimate of drug-likeness (QED) is 0.578. The van der Waals surface area contributed by atoms with E-state index < -0.39 is 5.91 Å². The van der Waals surface area contributed by atoms with E-state index in [1.807, 2.05) is 6.92 Å². The second kappa shape index (κ2) is 9.54. The average molecular weight is 363 g/mol. The summed E-state index contributed by atoms with van der Waals surface area (Å²) in [5.74, 6) is 1.44. The smallest absolute Gasteiger partial charge is 0.277 e. The van der Waals surface area contributed by atoms with E-state index in [9.17, 15) is 4.79 Å². The van der Waals surface area contributed by atoms with Gasteiger partial charge in [-0.1, -0.05) is 17.7 Å². The number of carbonyl (C=O) groups excluding carboxylic acids is 1. The van der Waals surface area contributed by atoms with Crippen molar-refractivity contribution in [2.45, 2.75) is 6.92 Å². The number of carbonyl (C=O) groups is 1. The maximum Gasteiger partial charge on any atom is 0.277 e.